The van der Waals surface area contributed by atoms with E-state index in [1.54, 1.807) is 29.6 Å². The Hall–Kier alpha value is -3.45. The van der Waals surface area contributed by atoms with Gasteiger partial charge in [-0.15, -0.1) is 11.3 Å². The summed E-state index contributed by atoms with van der Waals surface area (Å²) >= 11 is 0.978. The number of nitrogens with zero attached hydrogens (tertiary/aromatic N) is 3. The number of para-hydroxylation sites is 1. The molecule has 0 bridgehead atoms. The molecule has 33 heavy (non-hydrogen) atoms. The molecule has 0 aliphatic rings. The van der Waals surface area contributed by atoms with Gasteiger partial charge in [0.05, 0.1) is 25.4 Å². The minimum atomic E-state index is -4.76. The smallest absolute Gasteiger partial charge is 0.435 e. The van der Waals surface area contributed by atoms with Crippen LogP contribution in [0.2, 0.25) is 0 Å². The van der Waals surface area contributed by atoms with Gasteiger partial charge in [-0.25, -0.2) is 4.98 Å². The van der Waals surface area contributed by atoms with E-state index in [-0.39, 0.29) is 23.9 Å². The first kappa shape index (κ1) is 24.2. The summed E-state index contributed by atoms with van der Waals surface area (Å²) in [7, 11) is 1.47. The van der Waals surface area contributed by atoms with Crippen molar-refractivity contribution >= 4 is 23.2 Å². The second-order valence-corrected chi connectivity index (χ2v) is 7.78. The van der Waals surface area contributed by atoms with Gasteiger partial charge in [0, 0.05) is 23.6 Å². The number of halogens is 3. The number of hydrogen-bond donors (Lipinski definition) is 3. The Morgan fingerprint density at radius 3 is 2.64 bits per heavy atom. The van der Waals surface area contributed by atoms with Crippen LogP contribution >= 0.6 is 11.3 Å². The van der Waals surface area contributed by atoms with Gasteiger partial charge in [0.15, 0.2) is 5.69 Å². The molecule has 2 aromatic heterocycles. The van der Waals surface area contributed by atoms with Gasteiger partial charge in [-0.05, 0) is 13.0 Å². The highest BCUT2D eigenvalue weighted by Gasteiger charge is 2.36. The lowest BCUT2D eigenvalue weighted by Crippen LogP contribution is -2.37. The summed E-state index contributed by atoms with van der Waals surface area (Å²) in [5.74, 6) is -0.647. The molecule has 0 aliphatic carbocycles. The first-order valence-corrected chi connectivity index (χ1v) is 10.5. The fraction of sp³-hybridized carbons (Fsp3) is 0.300. The van der Waals surface area contributed by atoms with E-state index < -0.39 is 29.7 Å². The number of hydrogen-bond acceptors (Lipinski definition) is 7. The largest absolute Gasteiger partial charge is 0.496 e. The highest BCUT2D eigenvalue weighted by molar-refractivity contribution is 7.12. The number of nitrogens with one attached hydrogen (secondary N) is 2. The molecule has 176 valence electrons. The first-order chi connectivity index (χ1) is 15.6. The lowest BCUT2D eigenvalue weighted by Gasteiger charge is -2.10. The molecule has 0 fully saturated rings. The van der Waals surface area contributed by atoms with E-state index >= 15 is 0 Å². The summed E-state index contributed by atoms with van der Waals surface area (Å²) in [6.07, 6.45) is -4.76. The Morgan fingerprint density at radius 1 is 1.24 bits per heavy atom. The number of amides is 2. The van der Waals surface area contributed by atoms with Crippen molar-refractivity contribution in [2.24, 2.45) is 5.73 Å². The van der Waals surface area contributed by atoms with E-state index in [4.69, 9.17) is 10.5 Å². The highest BCUT2D eigenvalue weighted by Crippen LogP contribution is 2.30. The van der Waals surface area contributed by atoms with Crippen LogP contribution in [0.25, 0.3) is 5.13 Å². The minimum absolute atomic E-state index is 0.0274. The molecule has 0 saturated carbocycles. The maximum absolute atomic E-state index is 13.3. The molecule has 3 aromatic rings. The summed E-state index contributed by atoms with van der Waals surface area (Å²) in [4.78, 5) is 28.6. The molecule has 0 saturated heterocycles. The van der Waals surface area contributed by atoms with Crippen molar-refractivity contribution in [3.8, 4) is 10.9 Å². The third-order valence-electron chi connectivity index (χ3n) is 4.44. The van der Waals surface area contributed by atoms with Crippen LogP contribution in [0, 0.1) is 0 Å². The number of methoxy groups -OCH3 is 1. The molecule has 1 aromatic carbocycles. The molecule has 3 rings (SSSR count). The molecule has 9 nitrogen and oxygen atoms in total. The SMILES string of the molecule is COc1ccccc1CNC(=O)c1cc(C(F)(F)F)nn1-c1nc(CNC(=O)C(C)N)cs1. The minimum Gasteiger partial charge on any atom is -0.496 e. The Morgan fingerprint density at radius 2 is 1.97 bits per heavy atom. The predicted molar refractivity (Wildman–Crippen MR) is 114 cm³/mol. The van der Waals surface area contributed by atoms with Crippen LogP contribution in [0.3, 0.4) is 0 Å². The van der Waals surface area contributed by atoms with Crippen LogP contribution in [0.4, 0.5) is 13.2 Å². The van der Waals surface area contributed by atoms with Gasteiger partial charge in [-0.3, -0.25) is 9.59 Å². The van der Waals surface area contributed by atoms with Crippen molar-refractivity contribution in [3.63, 3.8) is 0 Å². The maximum Gasteiger partial charge on any atom is 0.435 e. The molecule has 4 N–H and O–H groups in total. The quantitative estimate of drug-likeness (QED) is 0.453. The number of carbonyl (C=O) groups excluding carboxylic acids is 2. The second kappa shape index (κ2) is 10.0. The molecule has 2 heterocycles. The van der Waals surface area contributed by atoms with Crippen LogP contribution in [-0.4, -0.2) is 39.7 Å². The molecule has 13 heteroatoms. The van der Waals surface area contributed by atoms with Crippen molar-refractivity contribution in [1.82, 2.24) is 25.4 Å². The topological polar surface area (TPSA) is 124 Å². The van der Waals surface area contributed by atoms with Gasteiger partial charge in [0.1, 0.15) is 11.4 Å². The Kier molecular flexibility index (Phi) is 7.33. The van der Waals surface area contributed by atoms with Crippen molar-refractivity contribution in [2.75, 3.05) is 7.11 Å². The molecular formula is C20H21F3N6O3S. The Labute approximate surface area is 190 Å². The van der Waals surface area contributed by atoms with Gasteiger partial charge in [-0.2, -0.15) is 23.0 Å². The zero-order chi connectivity index (χ0) is 24.2. The number of carbonyl (C=O) groups is 2. The van der Waals surface area contributed by atoms with Gasteiger partial charge in [0.2, 0.25) is 11.0 Å². The third kappa shape index (κ3) is 5.87. The number of rotatable bonds is 8. The Balaban J connectivity index is 1.84. The summed E-state index contributed by atoms with van der Waals surface area (Å²) in [5.41, 5.74) is 4.95. The van der Waals surface area contributed by atoms with Crippen molar-refractivity contribution in [2.45, 2.75) is 32.2 Å². The fourth-order valence-electron chi connectivity index (χ4n) is 2.76. The lowest BCUT2D eigenvalue weighted by atomic mass is 10.2. The van der Waals surface area contributed by atoms with E-state index in [0.29, 0.717) is 23.1 Å². The van der Waals surface area contributed by atoms with Crippen molar-refractivity contribution in [3.05, 3.63) is 58.4 Å². The molecule has 1 atom stereocenters. The van der Waals surface area contributed by atoms with E-state index in [9.17, 15) is 22.8 Å². The van der Waals surface area contributed by atoms with Gasteiger partial charge in [-0.1, -0.05) is 18.2 Å². The van der Waals surface area contributed by atoms with Gasteiger partial charge in [0.25, 0.3) is 5.91 Å². The highest BCUT2D eigenvalue weighted by atomic mass is 32.1. The number of ether oxygens (including phenoxy) is 1. The molecule has 1 unspecified atom stereocenters. The normalized spacial score (nSPS) is 12.3. The predicted octanol–water partition coefficient (Wildman–Crippen LogP) is 2.25. The number of nitrogens with two attached hydrogens (primary N) is 1. The maximum atomic E-state index is 13.3. The van der Waals surface area contributed by atoms with Crippen LogP contribution in [0.1, 0.15) is 34.4 Å². The average molecular weight is 482 g/mol. The van der Waals surface area contributed by atoms with E-state index in [1.165, 1.54) is 14.0 Å². The van der Waals surface area contributed by atoms with Gasteiger partial charge >= 0.3 is 6.18 Å². The monoisotopic (exact) mass is 482 g/mol. The summed E-state index contributed by atoms with van der Waals surface area (Å²) in [5, 5.41) is 10.3. The standard InChI is InChI=1S/C20H21F3N6O3S/c1-11(24)17(30)26-9-13-10-33-19(27-13)29-14(7-16(28-29)20(21,22)23)18(31)25-8-12-5-3-4-6-15(12)32-2/h3-7,10-11H,8-9,24H2,1-2H3,(H,25,31)(H,26,30). The summed E-state index contributed by atoms with van der Waals surface area (Å²) in [6.45, 7) is 1.57. The second-order valence-electron chi connectivity index (χ2n) is 6.95. The number of alkyl halides is 3. The van der Waals surface area contributed by atoms with E-state index in [0.717, 1.165) is 16.0 Å². The molecule has 0 radical (unpaired) electrons. The number of aromatic nitrogens is 3. The van der Waals surface area contributed by atoms with Crippen molar-refractivity contribution in [1.29, 1.82) is 0 Å². The third-order valence-corrected chi connectivity index (χ3v) is 5.31. The molecular weight excluding hydrogens is 461 g/mol. The molecule has 0 spiro atoms. The van der Waals surface area contributed by atoms with Crippen LogP contribution in [0.15, 0.2) is 35.7 Å². The number of thiazole rings is 1. The van der Waals surface area contributed by atoms with Crippen LogP contribution in [0.5, 0.6) is 5.75 Å². The average Bonchev–Trinajstić information content (AvgIpc) is 3.42. The first-order valence-electron chi connectivity index (χ1n) is 9.65. The summed E-state index contributed by atoms with van der Waals surface area (Å²) < 4.78 is 46.0. The summed E-state index contributed by atoms with van der Waals surface area (Å²) in [6, 6.07) is 6.87. The van der Waals surface area contributed by atoms with Crippen LogP contribution < -0.4 is 21.1 Å². The lowest BCUT2D eigenvalue weighted by molar-refractivity contribution is -0.141. The fourth-order valence-corrected chi connectivity index (χ4v) is 3.54. The van der Waals surface area contributed by atoms with E-state index in [1.807, 2.05) is 0 Å². The Bertz CT molecular complexity index is 1140. The van der Waals surface area contributed by atoms with Gasteiger partial charge < -0.3 is 21.1 Å². The zero-order valence-corrected chi connectivity index (χ0v) is 18.5. The van der Waals surface area contributed by atoms with Crippen LogP contribution in [-0.2, 0) is 24.1 Å². The number of benzene rings is 1. The molecule has 2 amide bonds. The van der Waals surface area contributed by atoms with E-state index in [2.05, 4.69) is 20.7 Å². The van der Waals surface area contributed by atoms with Crippen molar-refractivity contribution < 1.29 is 27.5 Å². The molecule has 0 aliphatic heterocycles. The zero-order valence-electron chi connectivity index (χ0n) is 17.6.